The number of rotatable bonds is 0. The topological polar surface area (TPSA) is 66.6 Å². The zero-order chi connectivity index (χ0) is 17.2. The van der Waals surface area contributed by atoms with Gasteiger partial charge in [0.05, 0.1) is 25.5 Å². The lowest BCUT2D eigenvalue weighted by Crippen LogP contribution is -2.50. The molecule has 0 aromatic rings. The summed E-state index contributed by atoms with van der Waals surface area (Å²) in [4.78, 5) is 0. The lowest BCUT2D eigenvalue weighted by atomic mass is 9.73. The van der Waals surface area contributed by atoms with Gasteiger partial charge < -0.3 is 14.8 Å². The van der Waals surface area contributed by atoms with Crippen molar-refractivity contribution in [2.24, 2.45) is 17.8 Å². The molecule has 4 bridgehead atoms. The third-order valence-corrected chi connectivity index (χ3v) is 6.48. The molecule has 7 unspecified atom stereocenters. The maximum atomic E-state index is 14.6. The molecule has 8 atom stereocenters. The van der Waals surface area contributed by atoms with Crippen molar-refractivity contribution in [1.29, 1.82) is 0 Å². The molecule has 0 amide bonds. The van der Waals surface area contributed by atoms with Crippen molar-refractivity contribution in [1.82, 2.24) is 21.5 Å². The second kappa shape index (κ2) is 8.15. The Morgan fingerprint density at radius 1 is 1.04 bits per heavy atom. The molecule has 6 nitrogen and oxygen atoms in total. The average molecular weight is 356 g/mol. The van der Waals surface area contributed by atoms with Gasteiger partial charge in [-0.3, -0.25) is 16.2 Å². The summed E-state index contributed by atoms with van der Waals surface area (Å²) < 4.78 is 26.6. The number of halogens is 1. The molecule has 0 aromatic carbocycles. The molecule has 7 heteroatoms. The quantitative estimate of drug-likeness (QED) is 0.508. The van der Waals surface area contributed by atoms with E-state index in [1.54, 1.807) is 0 Å². The molecule has 4 N–H and O–H groups in total. The van der Waals surface area contributed by atoms with Crippen LogP contribution in [0.25, 0.3) is 0 Å². The van der Waals surface area contributed by atoms with Crippen molar-refractivity contribution < 1.29 is 13.9 Å². The smallest absolute Gasteiger partial charge is 0.128 e. The van der Waals surface area contributed by atoms with Gasteiger partial charge in [0.1, 0.15) is 6.17 Å². The minimum absolute atomic E-state index is 0.0686. The molecule has 3 aliphatic heterocycles. The fourth-order valence-electron chi connectivity index (χ4n) is 5.14. The van der Waals surface area contributed by atoms with Crippen LogP contribution in [0.15, 0.2) is 0 Å². The first kappa shape index (κ1) is 18.1. The van der Waals surface area contributed by atoms with Gasteiger partial charge in [0, 0.05) is 18.6 Å². The van der Waals surface area contributed by atoms with E-state index >= 15 is 0 Å². The number of hydrogen-bond acceptors (Lipinski definition) is 6. The van der Waals surface area contributed by atoms with E-state index in [-0.39, 0.29) is 18.2 Å². The predicted octanol–water partition coefficient (Wildman–Crippen LogP) is 0.546. The van der Waals surface area contributed by atoms with Crippen LogP contribution >= 0.6 is 0 Å². The fraction of sp³-hybridized carbons (Fsp3) is 1.00. The molecular formula is C18H33FN4O2. The summed E-state index contributed by atoms with van der Waals surface area (Å²) in [6, 6.07) is 0.613. The van der Waals surface area contributed by atoms with Crippen LogP contribution in [0.3, 0.4) is 0 Å². The summed E-state index contributed by atoms with van der Waals surface area (Å²) in [6.07, 6.45) is 2.34. The van der Waals surface area contributed by atoms with Crippen LogP contribution in [-0.2, 0) is 9.47 Å². The minimum atomic E-state index is -0.874. The van der Waals surface area contributed by atoms with Gasteiger partial charge in [-0.15, -0.1) is 0 Å². The molecule has 0 radical (unpaired) electrons. The van der Waals surface area contributed by atoms with E-state index in [1.807, 2.05) is 0 Å². The van der Waals surface area contributed by atoms with Crippen LogP contribution in [0.2, 0.25) is 0 Å². The largest absolute Gasteiger partial charge is 0.372 e. The normalized spacial score (nSPS) is 49.2. The van der Waals surface area contributed by atoms with Gasteiger partial charge in [-0.05, 0) is 63.5 Å². The zero-order valence-corrected chi connectivity index (χ0v) is 15.2. The molecule has 4 rings (SSSR count). The summed E-state index contributed by atoms with van der Waals surface area (Å²) in [5.41, 5.74) is 6.88. The molecule has 25 heavy (non-hydrogen) atoms. The lowest BCUT2D eigenvalue weighted by molar-refractivity contribution is -0.0800. The van der Waals surface area contributed by atoms with Crippen LogP contribution in [0, 0.1) is 17.8 Å². The Balaban J connectivity index is 1.49. The van der Waals surface area contributed by atoms with E-state index in [1.165, 1.54) is 0 Å². The van der Waals surface area contributed by atoms with Crippen molar-refractivity contribution in [2.75, 3.05) is 33.0 Å². The third-order valence-electron chi connectivity index (χ3n) is 6.48. The number of nitrogens with one attached hydrogen (secondary N) is 4. The fourth-order valence-corrected chi connectivity index (χ4v) is 5.14. The first-order valence-corrected chi connectivity index (χ1v) is 10.0. The second-order valence-electron chi connectivity index (χ2n) is 8.38. The molecule has 1 aliphatic carbocycles. The second-order valence-corrected chi connectivity index (χ2v) is 8.38. The van der Waals surface area contributed by atoms with Gasteiger partial charge in [0.2, 0.25) is 0 Å². The summed E-state index contributed by atoms with van der Waals surface area (Å²) >= 11 is 0. The summed E-state index contributed by atoms with van der Waals surface area (Å²) in [7, 11) is 0. The number of hydrazine groups is 1. The van der Waals surface area contributed by atoms with Crippen LogP contribution in [0.1, 0.15) is 32.6 Å². The molecule has 3 saturated heterocycles. The van der Waals surface area contributed by atoms with E-state index in [4.69, 9.17) is 9.47 Å². The Kier molecular flexibility index (Phi) is 5.89. The van der Waals surface area contributed by atoms with Crippen LogP contribution in [-0.4, -0.2) is 63.4 Å². The lowest BCUT2D eigenvalue weighted by Gasteiger charge is -2.40. The van der Waals surface area contributed by atoms with Gasteiger partial charge in [0.15, 0.2) is 0 Å². The van der Waals surface area contributed by atoms with Crippen molar-refractivity contribution in [3.05, 3.63) is 0 Å². The maximum Gasteiger partial charge on any atom is 0.128 e. The number of alkyl halides is 1. The Hall–Kier alpha value is -0.310. The first-order chi connectivity index (χ1) is 12.2. The summed E-state index contributed by atoms with van der Waals surface area (Å²) in [5.74, 6) is 1.55. The van der Waals surface area contributed by atoms with Crippen molar-refractivity contribution >= 4 is 0 Å². The van der Waals surface area contributed by atoms with Crippen molar-refractivity contribution in [3.8, 4) is 0 Å². The van der Waals surface area contributed by atoms with Gasteiger partial charge in [-0.25, -0.2) is 4.39 Å². The van der Waals surface area contributed by atoms with Crippen LogP contribution in [0.4, 0.5) is 4.39 Å². The molecule has 0 spiro atoms. The predicted molar refractivity (Wildman–Crippen MR) is 93.7 cm³/mol. The summed E-state index contributed by atoms with van der Waals surface area (Å²) in [6.45, 7) is 6.33. The highest BCUT2D eigenvalue weighted by Gasteiger charge is 2.48. The molecule has 3 heterocycles. The molecule has 4 aliphatic rings. The summed E-state index contributed by atoms with van der Waals surface area (Å²) in [5, 5.41) is 6.89. The highest BCUT2D eigenvalue weighted by atomic mass is 19.1. The Morgan fingerprint density at radius 3 is 2.88 bits per heavy atom. The minimum Gasteiger partial charge on any atom is -0.372 e. The Bertz CT molecular complexity index is 443. The van der Waals surface area contributed by atoms with Gasteiger partial charge >= 0.3 is 0 Å². The highest BCUT2D eigenvalue weighted by Crippen LogP contribution is 2.38. The van der Waals surface area contributed by atoms with Gasteiger partial charge in [-0.2, -0.15) is 0 Å². The van der Waals surface area contributed by atoms with Gasteiger partial charge in [-0.1, -0.05) is 0 Å². The maximum absolute atomic E-state index is 14.6. The monoisotopic (exact) mass is 356 g/mol. The molecule has 1 saturated carbocycles. The number of hydrogen-bond donors (Lipinski definition) is 4. The first-order valence-electron chi connectivity index (χ1n) is 10.0. The van der Waals surface area contributed by atoms with Crippen LogP contribution < -0.4 is 21.5 Å². The van der Waals surface area contributed by atoms with E-state index < -0.39 is 6.17 Å². The van der Waals surface area contributed by atoms with Crippen molar-refractivity contribution in [3.63, 3.8) is 0 Å². The van der Waals surface area contributed by atoms with Crippen molar-refractivity contribution in [2.45, 2.75) is 63.1 Å². The third kappa shape index (κ3) is 4.17. The SMILES string of the molecule is C[C@@H]1CCNCOCC2CNCC(C2)C2NNC3CC(F)C(CC32)O1. The Labute approximate surface area is 149 Å². The molecule has 4 fully saturated rings. The van der Waals surface area contributed by atoms with Gasteiger partial charge in [0.25, 0.3) is 0 Å². The number of fused-ring (bicyclic) bond motifs is 4. The number of ether oxygens (including phenoxy) is 2. The van der Waals surface area contributed by atoms with E-state index in [0.717, 1.165) is 45.5 Å². The Morgan fingerprint density at radius 2 is 1.96 bits per heavy atom. The zero-order valence-electron chi connectivity index (χ0n) is 15.2. The molecule has 144 valence electrons. The average Bonchev–Trinajstić information content (AvgIpc) is 3.00. The highest BCUT2D eigenvalue weighted by molar-refractivity contribution is 5.02. The van der Waals surface area contributed by atoms with E-state index in [9.17, 15) is 4.39 Å². The molecule has 0 aromatic heterocycles. The van der Waals surface area contributed by atoms with E-state index in [2.05, 4.69) is 28.4 Å². The van der Waals surface area contributed by atoms with E-state index in [0.29, 0.717) is 36.9 Å². The standard InChI is InChI=1S/C18H33FN4O2/c1-11-2-3-20-10-24-9-12-4-13(8-21-7-12)18-14-5-17(25-11)15(19)6-16(14)22-23-18/h11-18,20-23H,2-10H2,1H3/t11-,12?,13?,14?,15?,16?,17?,18?/m1/s1. The number of piperidine rings is 1. The van der Waals surface area contributed by atoms with Crippen LogP contribution in [0.5, 0.6) is 0 Å². The molecular weight excluding hydrogens is 323 g/mol.